The third-order valence-corrected chi connectivity index (χ3v) is 4.70. The molecule has 0 bridgehead atoms. The fraction of sp³-hybridized carbons (Fsp3) is 0.909. The van der Waals surface area contributed by atoms with E-state index in [0.29, 0.717) is 0 Å². The average Bonchev–Trinajstić information content (AvgIpc) is 2.56. The van der Waals surface area contributed by atoms with Crippen molar-refractivity contribution in [3.63, 3.8) is 0 Å². The molecular weight excluding hydrogens is 278 g/mol. The molecule has 0 heterocycles. The van der Waals surface area contributed by atoms with E-state index in [1.54, 1.807) is 0 Å². The maximum absolute atomic E-state index is 5.31. The van der Waals surface area contributed by atoms with Gasteiger partial charge in [0.25, 0.3) is 0 Å². The van der Waals surface area contributed by atoms with Crippen LogP contribution in [0.2, 0.25) is 0 Å². The minimum atomic E-state index is 0.957. The molecule has 0 unspecified atom stereocenters. The van der Waals surface area contributed by atoms with Crippen molar-refractivity contribution in [3.05, 3.63) is 0 Å². The van der Waals surface area contributed by atoms with E-state index in [2.05, 4.69) is 24.7 Å². The van der Waals surface area contributed by atoms with Crippen molar-refractivity contribution in [3.8, 4) is 12.3 Å². The van der Waals surface area contributed by atoms with E-state index in [4.69, 9.17) is 6.42 Å². The van der Waals surface area contributed by atoms with Crippen LogP contribution >= 0.6 is 0 Å². The Morgan fingerprint density at radius 3 is 1.35 bits per heavy atom. The highest BCUT2D eigenvalue weighted by atomic mass is 15.1. The molecule has 1 heteroatoms. The highest BCUT2D eigenvalue weighted by Crippen LogP contribution is 2.09. The van der Waals surface area contributed by atoms with Crippen molar-refractivity contribution < 1.29 is 0 Å². The van der Waals surface area contributed by atoms with Crippen molar-refractivity contribution in [1.82, 2.24) is 4.90 Å². The van der Waals surface area contributed by atoms with Crippen LogP contribution in [0.15, 0.2) is 0 Å². The van der Waals surface area contributed by atoms with Gasteiger partial charge in [0.05, 0.1) is 0 Å². The molecule has 0 aliphatic rings. The summed E-state index contributed by atoms with van der Waals surface area (Å²) in [7, 11) is 0. The smallest absolute Gasteiger partial charge is 0.00860 e. The third-order valence-electron chi connectivity index (χ3n) is 4.70. The van der Waals surface area contributed by atoms with Gasteiger partial charge in [0.1, 0.15) is 0 Å². The topological polar surface area (TPSA) is 3.24 Å². The van der Waals surface area contributed by atoms with E-state index < -0.39 is 0 Å². The Morgan fingerprint density at radius 2 is 0.957 bits per heavy atom. The number of unbranched alkanes of at least 4 members (excludes halogenated alkanes) is 12. The highest BCUT2D eigenvalue weighted by molar-refractivity contribution is 4.82. The van der Waals surface area contributed by atoms with E-state index in [0.717, 1.165) is 6.42 Å². The lowest BCUT2D eigenvalue weighted by molar-refractivity contribution is 0.254. The Balaban J connectivity index is 3.75. The summed E-state index contributed by atoms with van der Waals surface area (Å²) in [6.07, 6.45) is 25.5. The number of hydrogen-bond acceptors (Lipinski definition) is 1. The summed E-state index contributed by atoms with van der Waals surface area (Å²) < 4.78 is 0. The van der Waals surface area contributed by atoms with Gasteiger partial charge in [-0.1, -0.05) is 78.1 Å². The van der Waals surface area contributed by atoms with Crippen LogP contribution in [-0.2, 0) is 0 Å². The molecule has 0 aromatic rings. The van der Waals surface area contributed by atoms with Gasteiger partial charge >= 0.3 is 0 Å². The summed E-state index contributed by atoms with van der Waals surface area (Å²) in [4.78, 5) is 2.74. The van der Waals surface area contributed by atoms with Crippen molar-refractivity contribution in [1.29, 1.82) is 0 Å². The first-order valence-corrected chi connectivity index (χ1v) is 10.5. The monoisotopic (exact) mass is 321 g/mol. The molecule has 0 rings (SSSR count). The maximum Gasteiger partial charge on any atom is 0.00860 e. The Bertz CT molecular complexity index is 239. The average molecular weight is 322 g/mol. The van der Waals surface area contributed by atoms with Crippen molar-refractivity contribution in [2.45, 2.75) is 110 Å². The lowest BCUT2D eigenvalue weighted by Crippen LogP contribution is -2.27. The standard InChI is InChI=1S/C22H43N/c1-4-7-10-13-16-19-22-23(20-17-14-11-8-5-2)21-18-15-12-9-6-3/h1H,5-22H2,2-3H3. The Morgan fingerprint density at radius 1 is 0.565 bits per heavy atom. The Kier molecular flexibility index (Phi) is 19.2. The molecule has 0 spiro atoms. The van der Waals surface area contributed by atoms with E-state index in [1.807, 2.05) is 0 Å². The van der Waals surface area contributed by atoms with Gasteiger partial charge in [-0.15, -0.1) is 12.3 Å². The van der Waals surface area contributed by atoms with Crippen LogP contribution in [0.1, 0.15) is 110 Å². The molecule has 136 valence electrons. The molecule has 0 saturated heterocycles. The van der Waals surface area contributed by atoms with Crippen LogP contribution < -0.4 is 0 Å². The third kappa shape index (κ3) is 17.7. The van der Waals surface area contributed by atoms with Crippen molar-refractivity contribution in [2.75, 3.05) is 19.6 Å². The van der Waals surface area contributed by atoms with E-state index >= 15 is 0 Å². The van der Waals surface area contributed by atoms with E-state index in [-0.39, 0.29) is 0 Å². The molecular formula is C22H43N. The second-order valence-electron chi connectivity index (χ2n) is 7.04. The van der Waals surface area contributed by atoms with Crippen LogP contribution in [0.25, 0.3) is 0 Å². The molecule has 0 N–H and O–H groups in total. The van der Waals surface area contributed by atoms with E-state index in [9.17, 15) is 0 Å². The highest BCUT2D eigenvalue weighted by Gasteiger charge is 2.04. The quantitative estimate of drug-likeness (QED) is 0.198. The van der Waals surface area contributed by atoms with Gasteiger partial charge in [0.2, 0.25) is 0 Å². The minimum Gasteiger partial charge on any atom is -0.303 e. The molecule has 0 amide bonds. The summed E-state index contributed by atoms with van der Waals surface area (Å²) >= 11 is 0. The molecule has 0 saturated carbocycles. The Labute approximate surface area is 147 Å². The summed E-state index contributed by atoms with van der Waals surface area (Å²) in [6.45, 7) is 8.53. The van der Waals surface area contributed by atoms with E-state index in [1.165, 1.54) is 110 Å². The first kappa shape index (κ1) is 22.5. The number of terminal acetylenes is 1. The zero-order valence-electron chi connectivity index (χ0n) is 16.3. The molecule has 0 radical (unpaired) electrons. The summed E-state index contributed by atoms with van der Waals surface area (Å²) in [5.74, 6) is 2.75. The molecule has 0 aliphatic carbocycles. The van der Waals surface area contributed by atoms with Crippen molar-refractivity contribution in [2.24, 2.45) is 0 Å². The molecule has 23 heavy (non-hydrogen) atoms. The summed E-state index contributed by atoms with van der Waals surface area (Å²) in [5, 5.41) is 0. The van der Waals surface area contributed by atoms with Gasteiger partial charge in [-0.2, -0.15) is 0 Å². The SMILES string of the molecule is C#CCCCCCCN(CCCCCCC)CCCCCCC. The van der Waals surface area contributed by atoms with Gasteiger partial charge in [0, 0.05) is 6.42 Å². The predicted molar refractivity (Wildman–Crippen MR) is 106 cm³/mol. The fourth-order valence-corrected chi connectivity index (χ4v) is 3.13. The summed E-state index contributed by atoms with van der Waals surface area (Å²) in [6, 6.07) is 0. The maximum atomic E-state index is 5.31. The van der Waals surface area contributed by atoms with Crippen LogP contribution in [0.3, 0.4) is 0 Å². The first-order chi connectivity index (χ1) is 11.3. The molecule has 0 aromatic carbocycles. The van der Waals surface area contributed by atoms with Crippen LogP contribution in [0, 0.1) is 12.3 Å². The zero-order chi connectivity index (χ0) is 17.0. The minimum absolute atomic E-state index is 0.957. The molecule has 0 aromatic heterocycles. The van der Waals surface area contributed by atoms with Gasteiger partial charge in [-0.25, -0.2) is 0 Å². The summed E-state index contributed by atoms with van der Waals surface area (Å²) in [5.41, 5.74) is 0. The molecule has 0 fully saturated rings. The van der Waals surface area contributed by atoms with Crippen LogP contribution in [-0.4, -0.2) is 24.5 Å². The van der Waals surface area contributed by atoms with Crippen LogP contribution in [0.4, 0.5) is 0 Å². The normalized spacial score (nSPS) is 11.0. The molecule has 0 atom stereocenters. The molecule has 1 nitrogen and oxygen atoms in total. The number of rotatable bonds is 18. The van der Waals surface area contributed by atoms with Crippen molar-refractivity contribution >= 4 is 0 Å². The number of hydrogen-bond donors (Lipinski definition) is 0. The number of nitrogens with zero attached hydrogens (tertiary/aromatic N) is 1. The van der Waals surface area contributed by atoms with Gasteiger partial charge < -0.3 is 4.90 Å². The lowest BCUT2D eigenvalue weighted by Gasteiger charge is -2.22. The Hall–Kier alpha value is -0.480. The van der Waals surface area contributed by atoms with Gasteiger partial charge in [-0.3, -0.25) is 0 Å². The fourth-order valence-electron chi connectivity index (χ4n) is 3.13. The van der Waals surface area contributed by atoms with Gasteiger partial charge in [0.15, 0.2) is 0 Å². The largest absolute Gasteiger partial charge is 0.303 e. The zero-order valence-corrected chi connectivity index (χ0v) is 16.3. The predicted octanol–water partition coefficient (Wildman–Crippen LogP) is 6.81. The lowest BCUT2D eigenvalue weighted by atomic mass is 10.1. The molecule has 0 aliphatic heterocycles. The van der Waals surface area contributed by atoms with Gasteiger partial charge in [-0.05, 0) is 45.3 Å². The second kappa shape index (κ2) is 19.6. The van der Waals surface area contributed by atoms with Crippen LogP contribution in [0.5, 0.6) is 0 Å². The second-order valence-corrected chi connectivity index (χ2v) is 7.04. The first-order valence-electron chi connectivity index (χ1n) is 10.5.